The second-order valence-electron chi connectivity index (χ2n) is 4.64. The maximum atomic E-state index is 9.48. The Kier molecular flexibility index (Phi) is 4.66. The van der Waals surface area contributed by atoms with Crippen molar-refractivity contribution in [3.63, 3.8) is 0 Å². The van der Waals surface area contributed by atoms with Crippen LogP contribution in [-0.2, 0) is 6.54 Å². The summed E-state index contributed by atoms with van der Waals surface area (Å²) < 4.78 is 1.83. The summed E-state index contributed by atoms with van der Waals surface area (Å²) in [5, 5.41) is 22.3. The summed E-state index contributed by atoms with van der Waals surface area (Å²) in [6.07, 6.45) is -0.0739. The lowest BCUT2D eigenvalue weighted by Crippen LogP contribution is -2.27. The third-order valence-corrected chi connectivity index (χ3v) is 4.37. The molecule has 0 amide bonds. The lowest BCUT2D eigenvalue weighted by molar-refractivity contribution is 0.0438. The van der Waals surface area contributed by atoms with Crippen molar-refractivity contribution in [2.45, 2.75) is 37.6 Å². The molecule has 1 fully saturated rings. The molecule has 0 radical (unpaired) electrons. The Morgan fingerprint density at radius 2 is 1.83 bits per heavy atom. The number of anilines is 1. The van der Waals surface area contributed by atoms with Gasteiger partial charge in [0.05, 0.1) is 17.9 Å². The molecule has 1 aliphatic carbocycles. The van der Waals surface area contributed by atoms with Gasteiger partial charge < -0.3 is 21.3 Å². The fraction of sp³-hybridized carbons (Fsp3) is 0.500. The van der Waals surface area contributed by atoms with E-state index in [-0.39, 0.29) is 6.04 Å². The highest BCUT2D eigenvalue weighted by molar-refractivity contribution is 9.11. The van der Waals surface area contributed by atoms with Gasteiger partial charge in [-0.15, -0.1) is 0 Å². The molecule has 1 unspecified atom stereocenters. The Hall–Kier alpha value is -0.140. The van der Waals surface area contributed by atoms with Crippen LogP contribution in [-0.4, -0.2) is 28.5 Å². The number of aliphatic hydroxyl groups excluding tert-OH is 2. The van der Waals surface area contributed by atoms with E-state index < -0.39 is 12.2 Å². The van der Waals surface area contributed by atoms with E-state index in [0.29, 0.717) is 25.1 Å². The predicted molar refractivity (Wildman–Crippen MR) is 78.1 cm³/mol. The average molecular weight is 380 g/mol. The molecule has 18 heavy (non-hydrogen) atoms. The Bertz CT molecular complexity index is 432. The number of nitrogens with one attached hydrogen (secondary N) is 1. The highest BCUT2D eigenvalue weighted by atomic mass is 79.9. The largest absolute Gasteiger partial charge is 0.398 e. The first-order valence-corrected chi connectivity index (χ1v) is 7.39. The summed E-state index contributed by atoms with van der Waals surface area (Å²) in [6, 6.07) is 4.00. The molecule has 4 nitrogen and oxygen atoms in total. The highest BCUT2D eigenvalue weighted by Crippen LogP contribution is 2.28. The van der Waals surface area contributed by atoms with Gasteiger partial charge in [-0.25, -0.2) is 0 Å². The van der Waals surface area contributed by atoms with E-state index in [1.165, 1.54) is 0 Å². The van der Waals surface area contributed by atoms with Gasteiger partial charge in [-0.05, 0) is 46.5 Å². The van der Waals surface area contributed by atoms with Gasteiger partial charge in [-0.2, -0.15) is 0 Å². The van der Waals surface area contributed by atoms with Crippen molar-refractivity contribution < 1.29 is 10.2 Å². The van der Waals surface area contributed by atoms with E-state index in [4.69, 9.17) is 5.73 Å². The van der Waals surface area contributed by atoms with Crippen LogP contribution < -0.4 is 11.1 Å². The SMILES string of the molecule is Nc1c(Br)cc(Br)cc1CNC1C[C@@H](O)[C@@H](O)C1. The molecule has 100 valence electrons. The number of hydrogen-bond acceptors (Lipinski definition) is 4. The fourth-order valence-corrected chi connectivity index (χ4v) is 3.51. The normalized spacial score (nSPS) is 27.7. The minimum atomic E-state index is -0.617. The van der Waals surface area contributed by atoms with Crippen molar-refractivity contribution >= 4 is 37.5 Å². The Morgan fingerprint density at radius 3 is 2.44 bits per heavy atom. The lowest BCUT2D eigenvalue weighted by Gasteiger charge is -2.14. The minimum absolute atomic E-state index is 0.132. The predicted octanol–water partition coefficient (Wildman–Crippen LogP) is 1.77. The molecule has 1 saturated carbocycles. The van der Waals surface area contributed by atoms with Gasteiger partial charge in [0.2, 0.25) is 0 Å². The van der Waals surface area contributed by atoms with Crippen molar-refractivity contribution in [3.8, 4) is 0 Å². The Labute approximate surface area is 123 Å². The molecule has 1 aromatic carbocycles. The molecule has 0 saturated heterocycles. The summed E-state index contributed by atoms with van der Waals surface area (Å²) in [4.78, 5) is 0. The molecule has 1 aliphatic rings. The average Bonchev–Trinajstić information content (AvgIpc) is 2.61. The number of halogens is 2. The molecule has 2 rings (SSSR count). The van der Waals surface area contributed by atoms with E-state index in [1.807, 2.05) is 12.1 Å². The second kappa shape index (κ2) is 5.88. The first kappa shape index (κ1) is 14.3. The number of rotatable bonds is 3. The van der Waals surface area contributed by atoms with Crippen LogP contribution in [0.25, 0.3) is 0 Å². The van der Waals surface area contributed by atoms with Gasteiger partial charge in [-0.1, -0.05) is 15.9 Å². The molecule has 3 atom stereocenters. The summed E-state index contributed by atoms with van der Waals surface area (Å²) in [7, 11) is 0. The topological polar surface area (TPSA) is 78.5 Å². The quantitative estimate of drug-likeness (QED) is 0.603. The van der Waals surface area contributed by atoms with Crippen LogP contribution >= 0.6 is 31.9 Å². The number of benzene rings is 1. The number of hydrogen-bond donors (Lipinski definition) is 4. The third-order valence-electron chi connectivity index (χ3n) is 3.26. The van der Waals surface area contributed by atoms with Crippen molar-refractivity contribution in [3.05, 3.63) is 26.6 Å². The van der Waals surface area contributed by atoms with Crippen molar-refractivity contribution in [2.75, 3.05) is 5.73 Å². The Morgan fingerprint density at radius 1 is 1.22 bits per heavy atom. The van der Waals surface area contributed by atoms with Gasteiger partial charge in [-0.3, -0.25) is 0 Å². The van der Waals surface area contributed by atoms with Crippen LogP contribution in [0.4, 0.5) is 5.69 Å². The fourth-order valence-electron chi connectivity index (χ4n) is 2.20. The van der Waals surface area contributed by atoms with Gasteiger partial charge >= 0.3 is 0 Å². The molecule has 0 heterocycles. The third kappa shape index (κ3) is 3.24. The zero-order valence-corrected chi connectivity index (χ0v) is 12.9. The van der Waals surface area contributed by atoms with Gasteiger partial charge in [0.25, 0.3) is 0 Å². The molecule has 0 aliphatic heterocycles. The van der Waals surface area contributed by atoms with E-state index in [0.717, 1.165) is 14.5 Å². The number of aliphatic hydroxyl groups is 2. The molecule has 6 heteroatoms. The zero-order valence-electron chi connectivity index (χ0n) is 9.74. The standard InChI is InChI=1S/C12H16Br2N2O2/c13-7-1-6(12(15)9(14)2-7)5-16-8-3-10(17)11(18)4-8/h1-2,8,10-11,16-18H,3-5,15H2/t8?,10-,11+. The van der Waals surface area contributed by atoms with Crippen LogP contribution in [0.2, 0.25) is 0 Å². The van der Waals surface area contributed by atoms with Crippen LogP contribution in [0.15, 0.2) is 21.1 Å². The van der Waals surface area contributed by atoms with Gasteiger partial charge in [0.15, 0.2) is 0 Å². The maximum Gasteiger partial charge on any atom is 0.0814 e. The molecule has 0 aromatic heterocycles. The molecule has 5 N–H and O–H groups in total. The first-order chi connectivity index (χ1) is 8.47. The molecule has 0 spiro atoms. The van der Waals surface area contributed by atoms with Crippen LogP contribution in [0, 0.1) is 0 Å². The highest BCUT2D eigenvalue weighted by Gasteiger charge is 2.30. The maximum absolute atomic E-state index is 9.48. The van der Waals surface area contributed by atoms with Crippen LogP contribution in [0.1, 0.15) is 18.4 Å². The summed E-state index contributed by atoms with van der Waals surface area (Å²) in [6.45, 7) is 0.619. The monoisotopic (exact) mass is 378 g/mol. The number of nitrogen functional groups attached to an aromatic ring is 1. The smallest absolute Gasteiger partial charge is 0.0814 e. The molecular formula is C12H16Br2N2O2. The lowest BCUT2D eigenvalue weighted by atomic mass is 10.1. The summed E-state index contributed by atoms with van der Waals surface area (Å²) >= 11 is 6.83. The van der Waals surface area contributed by atoms with E-state index >= 15 is 0 Å². The minimum Gasteiger partial charge on any atom is -0.398 e. The van der Waals surface area contributed by atoms with E-state index in [1.54, 1.807) is 0 Å². The Balaban J connectivity index is 1.99. The molecule has 0 bridgehead atoms. The first-order valence-electron chi connectivity index (χ1n) is 5.80. The van der Waals surface area contributed by atoms with Crippen molar-refractivity contribution in [1.82, 2.24) is 5.32 Å². The van der Waals surface area contributed by atoms with E-state index in [2.05, 4.69) is 37.2 Å². The van der Waals surface area contributed by atoms with Crippen molar-refractivity contribution in [2.24, 2.45) is 0 Å². The summed E-state index contributed by atoms with van der Waals surface area (Å²) in [5.41, 5.74) is 7.69. The number of nitrogens with two attached hydrogens (primary N) is 1. The molecule has 1 aromatic rings. The zero-order chi connectivity index (χ0) is 13.3. The van der Waals surface area contributed by atoms with Crippen LogP contribution in [0.3, 0.4) is 0 Å². The van der Waals surface area contributed by atoms with Gasteiger partial charge in [0.1, 0.15) is 0 Å². The van der Waals surface area contributed by atoms with Crippen molar-refractivity contribution in [1.29, 1.82) is 0 Å². The summed E-state index contributed by atoms with van der Waals surface area (Å²) in [5.74, 6) is 0. The van der Waals surface area contributed by atoms with Gasteiger partial charge in [0, 0.05) is 21.5 Å². The molecular weight excluding hydrogens is 364 g/mol. The van der Waals surface area contributed by atoms with Crippen LogP contribution in [0.5, 0.6) is 0 Å². The second-order valence-corrected chi connectivity index (χ2v) is 6.41. The van der Waals surface area contributed by atoms with E-state index in [9.17, 15) is 10.2 Å².